The number of aliphatic carboxylic acids is 1. The molecular weight excluding hydrogens is 464 g/mol. The summed E-state index contributed by atoms with van der Waals surface area (Å²) < 4.78 is 1.88. The fourth-order valence-electron chi connectivity index (χ4n) is 3.81. The summed E-state index contributed by atoms with van der Waals surface area (Å²) in [5.41, 5.74) is 15.6. The van der Waals surface area contributed by atoms with E-state index in [2.05, 4.69) is 4.98 Å². The minimum Gasteiger partial charge on any atom is -0.480 e. The number of rotatable bonds is 9. The maximum absolute atomic E-state index is 11.2. The van der Waals surface area contributed by atoms with E-state index < -0.39 is 24.1 Å². The topological polar surface area (TPSA) is 196 Å². The number of hydrogen-bond acceptors (Lipinski definition) is 6. The monoisotopic (exact) mass is 500 g/mol. The summed E-state index contributed by atoms with van der Waals surface area (Å²) >= 11 is 0. The Morgan fingerprint density at radius 3 is 2.17 bits per heavy atom. The third kappa shape index (κ3) is 7.99. The van der Waals surface area contributed by atoms with E-state index in [1.165, 1.54) is 0 Å². The molecule has 10 nitrogen and oxygen atoms in total. The second kappa shape index (κ2) is 14.1. The minimum atomic E-state index is -0.967. The minimum absolute atomic E-state index is 0. The molecule has 3 rings (SSSR count). The molecule has 0 aliphatic heterocycles. The van der Waals surface area contributed by atoms with E-state index in [-0.39, 0.29) is 11.0 Å². The zero-order chi connectivity index (χ0) is 26.1. The second-order valence-electron chi connectivity index (χ2n) is 8.47. The van der Waals surface area contributed by atoms with Gasteiger partial charge in [-0.2, -0.15) is 0 Å². The molecule has 1 heterocycles. The van der Waals surface area contributed by atoms with Gasteiger partial charge in [0, 0.05) is 18.1 Å². The zero-order valence-electron chi connectivity index (χ0n) is 20.8. The number of aliphatic hydroxyl groups excluding tert-OH is 1. The summed E-state index contributed by atoms with van der Waals surface area (Å²) in [5, 5.41) is 28.5. The maximum Gasteiger partial charge on any atom is 0.335 e. The Kier molecular flexibility index (Phi) is 11.9. The molecule has 0 saturated heterocycles. The number of carbonyl (C=O) groups is 2. The highest BCUT2D eigenvalue weighted by Gasteiger charge is 2.20. The number of aromatic carboxylic acids is 1. The van der Waals surface area contributed by atoms with Gasteiger partial charge in [0.2, 0.25) is 0 Å². The van der Waals surface area contributed by atoms with Crippen molar-refractivity contribution in [3.63, 3.8) is 0 Å². The van der Waals surface area contributed by atoms with Crippen LogP contribution in [0.25, 0.3) is 5.69 Å². The van der Waals surface area contributed by atoms with Crippen molar-refractivity contribution in [1.29, 1.82) is 0 Å². The number of aliphatic hydroxyl groups is 1. The third-order valence-electron chi connectivity index (χ3n) is 5.76. The van der Waals surface area contributed by atoms with Gasteiger partial charge in [-0.05, 0) is 92.2 Å². The van der Waals surface area contributed by atoms with Gasteiger partial charge in [0.25, 0.3) is 0 Å². The van der Waals surface area contributed by atoms with E-state index in [4.69, 9.17) is 16.6 Å². The molecule has 3 aromatic rings. The van der Waals surface area contributed by atoms with Crippen LogP contribution in [0.3, 0.4) is 0 Å². The lowest BCUT2D eigenvalue weighted by molar-refractivity contribution is -0.138. The summed E-state index contributed by atoms with van der Waals surface area (Å²) in [6.07, 6.45) is 6.59. The number of hydrogen-bond donors (Lipinski definition) is 5. The van der Waals surface area contributed by atoms with Crippen LogP contribution in [0.5, 0.6) is 0 Å². The van der Waals surface area contributed by atoms with Crippen molar-refractivity contribution in [3.8, 4) is 5.69 Å². The molecule has 0 aliphatic rings. The number of carboxylic acid groups (broad SMARTS) is 2. The first-order valence-corrected chi connectivity index (χ1v) is 11.4. The molecule has 0 fully saturated rings. The largest absolute Gasteiger partial charge is 0.480 e. The molecule has 196 valence electrons. The fraction of sp³-hybridized carbons (Fsp3) is 0.346. The molecule has 0 amide bonds. The van der Waals surface area contributed by atoms with Crippen molar-refractivity contribution in [1.82, 2.24) is 9.55 Å². The van der Waals surface area contributed by atoms with Crippen LogP contribution in [0.15, 0.2) is 49.1 Å². The predicted molar refractivity (Wildman–Crippen MR) is 137 cm³/mol. The molecule has 0 saturated carbocycles. The number of unbranched alkanes of at least 4 members (excludes halogenated alkanes) is 1. The Hall–Kier alpha value is -3.57. The number of nitrogens with two attached hydrogens (primary N) is 2. The van der Waals surface area contributed by atoms with Crippen molar-refractivity contribution >= 4 is 11.9 Å². The average molecular weight is 501 g/mol. The average Bonchev–Trinajstić information content (AvgIpc) is 3.34. The molecule has 0 aliphatic carbocycles. The van der Waals surface area contributed by atoms with Crippen LogP contribution in [-0.2, 0) is 4.79 Å². The van der Waals surface area contributed by atoms with Gasteiger partial charge >= 0.3 is 11.9 Å². The molecule has 2 atom stereocenters. The van der Waals surface area contributed by atoms with E-state index in [0.717, 1.165) is 46.3 Å². The van der Waals surface area contributed by atoms with E-state index >= 15 is 0 Å². The number of carboxylic acids is 2. The highest BCUT2D eigenvalue weighted by Crippen LogP contribution is 2.31. The Morgan fingerprint density at radius 1 is 1.03 bits per heavy atom. The van der Waals surface area contributed by atoms with Crippen LogP contribution in [0, 0.1) is 20.8 Å². The summed E-state index contributed by atoms with van der Waals surface area (Å²) in [6, 6.07) is 8.36. The molecule has 9 N–H and O–H groups in total. The van der Waals surface area contributed by atoms with Crippen LogP contribution in [-0.4, -0.2) is 54.9 Å². The highest BCUT2D eigenvalue weighted by molar-refractivity contribution is 5.88. The van der Waals surface area contributed by atoms with Crippen molar-refractivity contribution in [2.75, 3.05) is 6.54 Å². The van der Waals surface area contributed by atoms with Gasteiger partial charge in [0.1, 0.15) is 12.1 Å². The van der Waals surface area contributed by atoms with Gasteiger partial charge in [-0.3, -0.25) is 4.79 Å². The molecule has 2 unspecified atom stereocenters. The summed E-state index contributed by atoms with van der Waals surface area (Å²) in [6.45, 7) is 6.21. The lowest BCUT2D eigenvalue weighted by Gasteiger charge is -2.20. The van der Waals surface area contributed by atoms with Crippen LogP contribution >= 0.6 is 0 Å². The first-order chi connectivity index (χ1) is 16.6. The standard InChI is InChI=1S/C20H20N2O3.C6H14N2O2.H2O/c1-12-4-5-16(22-7-6-21-11-22)10-17(12)19(23)18-13(2)8-15(20(24)25)9-14(18)3;7-4-2-1-3-5(8)6(9)10;/h4-11,19,23H,1-3H3,(H,24,25);5H,1-4,7-8H2,(H,9,10);1H2. The van der Waals surface area contributed by atoms with E-state index in [1.54, 1.807) is 24.7 Å². The molecule has 10 heteroatoms. The number of benzene rings is 2. The molecule has 36 heavy (non-hydrogen) atoms. The quantitative estimate of drug-likeness (QED) is 0.276. The van der Waals surface area contributed by atoms with E-state index in [9.17, 15) is 19.8 Å². The smallest absolute Gasteiger partial charge is 0.335 e. The number of nitrogens with zero attached hydrogens (tertiary/aromatic N) is 2. The van der Waals surface area contributed by atoms with Gasteiger partial charge in [0.05, 0.1) is 11.9 Å². The van der Waals surface area contributed by atoms with Crippen molar-refractivity contribution < 1.29 is 30.4 Å². The Labute approximate surface area is 210 Å². The van der Waals surface area contributed by atoms with Crippen LogP contribution < -0.4 is 11.5 Å². The van der Waals surface area contributed by atoms with E-state index in [0.29, 0.717) is 13.0 Å². The van der Waals surface area contributed by atoms with Gasteiger partial charge in [-0.25, -0.2) is 9.78 Å². The van der Waals surface area contributed by atoms with E-state index in [1.807, 2.05) is 49.7 Å². The molecule has 0 bridgehead atoms. The molecular formula is C26H36N4O6. The van der Waals surface area contributed by atoms with Gasteiger partial charge in [-0.1, -0.05) is 12.5 Å². The Bertz CT molecular complexity index is 1120. The number of aryl methyl sites for hydroxylation is 3. The molecule has 0 spiro atoms. The lowest BCUT2D eigenvalue weighted by atomic mass is 9.89. The normalized spacial score (nSPS) is 12.1. The summed E-state index contributed by atoms with van der Waals surface area (Å²) in [5.74, 6) is -1.90. The highest BCUT2D eigenvalue weighted by atomic mass is 16.4. The van der Waals surface area contributed by atoms with Gasteiger partial charge in [0.15, 0.2) is 0 Å². The van der Waals surface area contributed by atoms with Crippen molar-refractivity contribution in [3.05, 3.63) is 82.4 Å². The number of aromatic nitrogens is 2. The van der Waals surface area contributed by atoms with Crippen molar-refractivity contribution in [2.24, 2.45) is 11.5 Å². The third-order valence-corrected chi connectivity index (χ3v) is 5.76. The molecule has 0 radical (unpaired) electrons. The zero-order valence-corrected chi connectivity index (χ0v) is 20.8. The van der Waals surface area contributed by atoms with Crippen LogP contribution in [0.4, 0.5) is 0 Å². The fourth-order valence-corrected chi connectivity index (χ4v) is 3.81. The van der Waals surface area contributed by atoms with Crippen LogP contribution in [0.1, 0.15) is 63.5 Å². The summed E-state index contributed by atoms with van der Waals surface area (Å²) in [4.78, 5) is 25.4. The first-order valence-electron chi connectivity index (χ1n) is 11.4. The Balaban J connectivity index is 0.000000504. The Morgan fingerprint density at radius 2 is 1.67 bits per heavy atom. The summed E-state index contributed by atoms with van der Waals surface area (Å²) in [7, 11) is 0. The van der Waals surface area contributed by atoms with Crippen molar-refractivity contribution in [2.45, 2.75) is 52.2 Å². The second-order valence-corrected chi connectivity index (χ2v) is 8.47. The first kappa shape index (κ1) is 30.5. The maximum atomic E-state index is 11.2. The van der Waals surface area contributed by atoms with Crippen LogP contribution in [0.2, 0.25) is 0 Å². The lowest BCUT2D eigenvalue weighted by Crippen LogP contribution is -2.29. The SMILES string of the molecule is Cc1ccc(-n2ccnc2)cc1C(O)c1c(C)cc(C(=O)O)cc1C.NCCCCC(N)C(=O)O.O. The molecule has 1 aromatic heterocycles. The number of imidazole rings is 1. The predicted octanol–water partition coefficient (Wildman–Crippen LogP) is 2.28. The van der Waals surface area contributed by atoms with Gasteiger partial charge in [-0.15, -0.1) is 0 Å². The molecule has 2 aromatic carbocycles. The van der Waals surface area contributed by atoms with Gasteiger partial charge < -0.3 is 36.8 Å².